The van der Waals surface area contributed by atoms with Crippen LogP contribution in [0.5, 0.6) is 0 Å². The summed E-state index contributed by atoms with van der Waals surface area (Å²) in [6.07, 6.45) is 16.6. The van der Waals surface area contributed by atoms with Crippen molar-refractivity contribution in [3.05, 3.63) is 24.3 Å². The van der Waals surface area contributed by atoms with E-state index in [9.17, 15) is 4.79 Å². The maximum Gasteiger partial charge on any atom is 0.330 e. The molecule has 2 nitrogen and oxygen atoms in total. The largest absolute Gasteiger partial charge is 0.463 e. The van der Waals surface area contributed by atoms with Gasteiger partial charge in [0, 0.05) is 6.08 Å². The van der Waals surface area contributed by atoms with Crippen LogP contribution < -0.4 is 0 Å². The first kappa shape index (κ1) is 16.9. The molecule has 0 bridgehead atoms. The Morgan fingerprint density at radius 1 is 0.944 bits per heavy atom. The molecular formula is C16H28O2. The summed E-state index contributed by atoms with van der Waals surface area (Å²) in [5.41, 5.74) is 0. The minimum Gasteiger partial charge on any atom is -0.463 e. The molecule has 0 aliphatic carbocycles. The molecular weight excluding hydrogens is 224 g/mol. The van der Waals surface area contributed by atoms with Gasteiger partial charge in [-0.05, 0) is 19.3 Å². The van der Waals surface area contributed by atoms with Crippen molar-refractivity contribution in [3.8, 4) is 0 Å². The summed E-state index contributed by atoms with van der Waals surface area (Å²) < 4.78 is 5.07. The molecule has 0 N–H and O–H groups in total. The number of carbonyl (C=O) groups is 1. The third kappa shape index (κ3) is 13.0. The zero-order chi connectivity index (χ0) is 13.5. The van der Waals surface area contributed by atoms with Gasteiger partial charge in [0.2, 0.25) is 0 Å². The van der Waals surface area contributed by atoms with E-state index in [1.807, 2.05) is 6.08 Å². The normalized spacial score (nSPS) is 11.4. The molecule has 0 radical (unpaired) electrons. The second-order valence-corrected chi connectivity index (χ2v) is 4.51. The molecule has 0 unspecified atom stereocenters. The Morgan fingerprint density at radius 3 is 2.39 bits per heavy atom. The molecule has 0 atom stereocenters. The van der Waals surface area contributed by atoms with Crippen molar-refractivity contribution in [2.24, 2.45) is 0 Å². The predicted octanol–water partition coefficient (Wildman–Crippen LogP) is 4.80. The fourth-order valence-electron chi connectivity index (χ4n) is 1.57. The van der Waals surface area contributed by atoms with Crippen LogP contribution in [-0.4, -0.2) is 12.6 Å². The quantitative estimate of drug-likeness (QED) is 0.228. The maximum absolute atomic E-state index is 11.3. The fraction of sp³-hybridized carbons (Fsp3) is 0.688. The number of carbonyl (C=O) groups excluding carboxylic acids is 1. The zero-order valence-electron chi connectivity index (χ0n) is 12.0. The van der Waals surface area contributed by atoms with Crippen molar-refractivity contribution in [3.63, 3.8) is 0 Å². The van der Waals surface area contributed by atoms with E-state index in [1.54, 1.807) is 6.08 Å². The van der Waals surface area contributed by atoms with Gasteiger partial charge in [0.15, 0.2) is 0 Å². The maximum atomic E-state index is 11.3. The summed E-state index contributed by atoms with van der Waals surface area (Å²) in [5, 5.41) is 0. The predicted molar refractivity (Wildman–Crippen MR) is 77.5 cm³/mol. The SMILES string of the molecule is CCCCCC=CC=CC(=O)OCCCCCC. The van der Waals surface area contributed by atoms with Crippen LogP contribution in [0.4, 0.5) is 0 Å². The van der Waals surface area contributed by atoms with Crippen molar-refractivity contribution in [1.29, 1.82) is 0 Å². The highest BCUT2D eigenvalue weighted by Crippen LogP contribution is 2.00. The number of rotatable bonds is 11. The highest BCUT2D eigenvalue weighted by molar-refractivity contribution is 5.82. The smallest absolute Gasteiger partial charge is 0.330 e. The van der Waals surface area contributed by atoms with Crippen LogP contribution in [0.3, 0.4) is 0 Å². The van der Waals surface area contributed by atoms with E-state index in [4.69, 9.17) is 4.74 Å². The number of esters is 1. The Morgan fingerprint density at radius 2 is 1.67 bits per heavy atom. The van der Waals surface area contributed by atoms with E-state index in [2.05, 4.69) is 19.9 Å². The Kier molecular flexibility index (Phi) is 13.2. The van der Waals surface area contributed by atoms with Gasteiger partial charge in [0.25, 0.3) is 0 Å². The molecule has 0 saturated carbocycles. The van der Waals surface area contributed by atoms with E-state index in [1.165, 1.54) is 38.2 Å². The minimum absolute atomic E-state index is 0.232. The molecule has 104 valence electrons. The highest BCUT2D eigenvalue weighted by Gasteiger charge is 1.95. The lowest BCUT2D eigenvalue weighted by Crippen LogP contribution is -2.01. The molecule has 0 saturated heterocycles. The number of allylic oxidation sites excluding steroid dienone is 3. The van der Waals surface area contributed by atoms with Gasteiger partial charge in [-0.1, -0.05) is 64.2 Å². The summed E-state index contributed by atoms with van der Waals surface area (Å²) in [6, 6.07) is 0. The van der Waals surface area contributed by atoms with E-state index < -0.39 is 0 Å². The lowest BCUT2D eigenvalue weighted by atomic mass is 10.2. The molecule has 2 heteroatoms. The van der Waals surface area contributed by atoms with Crippen LogP contribution in [-0.2, 0) is 9.53 Å². The van der Waals surface area contributed by atoms with E-state index in [-0.39, 0.29) is 5.97 Å². The molecule has 0 rings (SSSR count). The number of unbranched alkanes of at least 4 members (excludes halogenated alkanes) is 6. The second kappa shape index (κ2) is 14.0. The van der Waals surface area contributed by atoms with E-state index in [0.717, 1.165) is 19.3 Å². The summed E-state index contributed by atoms with van der Waals surface area (Å²) in [6.45, 7) is 4.91. The van der Waals surface area contributed by atoms with Crippen molar-refractivity contribution in [2.75, 3.05) is 6.61 Å². The number of hydrogen-bond donors (Lipinski definition) is 0. The summed E-state index contributed by atoms with van der Waals surface area (Å²) in [5.74, 6) is -0.232. The molecule has 0 fully saturated rings. The van der Waals surface area contributed by atoms with Gasteiger partial charge >= 0.3 is 5.97 Å². The monoisotopic (exact) mass is 252 g/mol. The molecule has 0 spiro atoms. The van der Waals surface area contributed by atoms with Gasteiger partial charge in [-0.25, -0.2) is 4.79 Å². The lowest BCUT2D eigenvalue weighted by Gasteiger charge is -2.00. The highest BCUT2D eigenvalue weighted by atomic mass is 16.5. The van der Waals surface area contributed by atoms with Crippen LogP contribution in [0.25, 0.3) is 0 Å². The molecule has 0 aromatic heterocycles. The van der Waals surface area contributed by atoms with Gasteiger partial charge in [0.05, 0.1) is 6.61 Å². The standard InChI is InChI=1S/C16H28O2/c1-3-5-7-9-10-11-12-14-16(17)18-15-13-8-6-4-2/h10-12,14H,3-9,13,15H2,1-2H3. The van der Waals surface area contributed by atoms with Gasteiger partial charge in [-0.3, -0.25) is 0 Å². The number of hydrogen-bond acceptors (Lipinski definition) is 2. The average molecular weight is 252 g/mol. The topological polar surface area (TPSA) is 26.3 Å². The summed E-state index contributed by atoms with van der Waals surface area (Å²) in [4.78, 5) is 11.3. The Balaban J connectivity index is 3.43. The van der Waals surface area contributed by atoms with Crippen molar-refractivity contribution in [1.82, 2.24) is 0 Å². The third-order valence-corrected chi connectivity index (χ3v) is 2.70. The molecule has 0 amide bonds. The zero-order valence-corrected chi connectivity index (χ0v) is 12.0. The van der Waals surface area contributed by atoms with Gasteiger partial charge in [0.1, 0.15) is 0 Å². The molecule has 0 aromatic carbocycles. The summed E-state index contributed by atoms with van der Waals surface area (Å²) in [7, 11) is 0. The van der Waals surface area contributed by atoms with Gasteiger partial charge in [-0.2, -0.15) is 0 Å². The average Bonchev–Trinajstić information content (AvgIpc) is 2.37. The van der Waals surface area contributed by atoms with Crippen LogP contribution in [0.2, 0.25) is 0 Å². The Bertz CT molecular complexity index is 241. The molecule has 0 aliphatic rings. The molecule has 0 aromatic rings. The Hall–Kier alpha value is -1.05. The molecule has 0 aliphatic heterocycles. The first-order valence-corrected chi connectivity index (χ1v) is 7.31. The van der Waals surface area contributed by atoms with Crippen molar-refractivity contribution < 1.29 is 9.53 Å². The lowest BCUT2D eigenvalue weighted by molar-refractivity contribution is -0.137. The second-order valence-electron chi connectivity index (χ2n) is 4.51. The van der Waals surface area contributed by atoms with Gasteiger partial charge in [-0.15, -0.1) is 0 Å². The fourth-order valence-corrected chi connectivity index (χ4v) is 1.57. The third-order valence-electron chi connectivity index (χ3n) is 2.70. The first-order valence-electron chi connectivity index (χ1n) is 7.31. The van der Waals surface area contributed by atoms with Crippen LogP contribution >= 0.6 is 0 Å². The number of ether oxygens (including phenoxy) is 1. The van der Waals surface area contributed by atoms with Crippen LogP contribution in [0, 0.1) is 0 Å². The van der Waals surface area contributed by atoms with Gasteiger partial charge < -0.3 is 4.74 Å². The van der Waals surface area contributed by atoms with Crippen LogP contribution in [0.1, 0.15) is 65.2 Å². The molecule has 0 heterocycles. The molecule has 18 heavy (non-hydrogen) atoms. The first-order chi connectivity index (χ1) is 8.81. The van der Waals surface area contributed by atoms with Crippen molar-refractivity contribution in [2.45, 2.75) is 65.2 Å². The van der Waals surface area contributed by atoms with Crippen LogP contribution in [0.15, 0.2) is 24.3 Å². The summed E-state index contributed by atoms with van der Waals surface area (Å²) >= 11 is 0. The van der Waals surface area contributed by atoms with E-state index >= 15 is 0 Å². The minimum atomic E-state index is -0.232. The Labute approximate surface area is 112 Å². The van der Waals surface area contributed by atoms with E-state index in [0.29, 0.717) is 6.61 Å². The van der Waals surface area contributed by atoms with Crippen molar-refractivity contribution >= 4 is 5.97 Å².